The number of hydrogen-bond donors (Lipinski definition) is 0. The van der Waals surface area contributed by atoms with Gasteiger partial charge in [0.2, 0.25) is 0 Å². The van der Waals surface area contributed by atoms with E-state index < -0.39 is 38.8 Å². The molecule has 7 heteroatoms. The van der Waals surface area contributed by atoms with Crippen LogP contribution in [0.4, 0.5) is 0 Å². The summed E-state index contributed by atoms with van der Waals surface area (Å²) in [5.41, 5.74) is 0. The Kier molecular flexibility index (Phi) is 1.86. The summed E-state index contributed by atoms with van der Waals surface area (Å²) in [5.74, 6) is -1.05. The summed E-state index contributed by atoms with van der Waals surface area (Å²) in [6.45, 7) is 3.06. The average molecular weight is 249 g/mol. The first-order valence-corrected chi connectivity index (χ1v) is 7.26. The van der Waals surface area contributed by atoms with E-state index in [9.17, 15) is 9.59 Å². The molecule has 0 N–H and O–H groups in total. The summed E-state index contributed by atoms with van der Waals surface area (Å²) in [6, 6.07) is 0. The summed E-state index contributed by atoms with van der Waals surface area (Å²) in [5, 5.41) is 0. The van der Waals surface area contributed by atoms with Crippen LogP contribution in [0.15, 0.2) is 0 Å². The van der Waals surface area contributed by atoms with Crippen LogP contribution in [0, 0.1) is 0 Å². The SMILES string of the molecule is CC1[O][Ge]2([O]C1=O)[O]C(=O)C(C)[O]2. The summed E-state index contributed by atoms with van der Waals surface area (Å²) in [7, 11) is 0. The molecule has 0 aromatic carbocycles. The van der Waals surface area contributed by atoms with Gasteiger partial charge in [-0.1, -0.05) is 0 Å². The topological polar surface area (TPSA) is 71.1 Å². The van der Waals surface area contributed by atoms with Crippen molar-refractivity contribution in [3.63, 3.8) is 0 Å². The minimum absolute atomic E-state index is 0.526. The molecule has 0 amide bonds. The van der Waals surface area contributed by atoms with Gasteiger partial charge in [0.25, 0.3) is 0 Å². The van der Waals surface area contributed by atoms with E-state index in [1.54, 1.807) is 0 Å². The molecule has 2 aliphatic heterocycles. The summed E-state index contributed by atoms with van der Waals surface area (Å²) < 4.78 is 19.9. The van der Waals surface area contributed by atoms with E-state index in [2.05, 4.69) is 0 Å². The summed E-state index contributed by atoms with van der Waals surface area (Å²) >= 11 is -3.94. The molecule has 2 saturated heterocycles. The van der Waals surface area contributed by atoms with Crippen molar-refractivity contribution in [2.45, 2.75) is 26.1 Å². The first-order chi connectivity index (χ1) is 6.02. The fourth-order valence-corrected chi connectivity index (χ4v) is 5.65. The van der Waals surface area contributed by atoms with Crippen LogP contribution in [0.25, 0.3) is 0 Å². The van der Waals surface area contributed by atoms with Gasteiger partial charge in [-0.15, -0.1) is 0 Å². The van der Waals surface area contributed by atoms with Crippen LogP contribution in [-0.2, 0) is 24.6 Å². The zero-order chi connectivity index (χ0) is 9.64. The number of hydrogen-bond acceptors (Lipinski definition) is 6. The molecule has 0 aromatic rings. The second-order valence-corrected chi connectivity index (χ2v) is 6.81. The molecule has 0 radical (unpaired) electrons. The van der Waals surface area contributed by atoms with Crippen molar-refractivity contribution in [3.8, 4) is 0 Å². The summed E-state index contributed by atoms with van der Waals surface area (Å²) in [6.07, 6.45) is -1.39. The van der Waals surface area contributed by atoms with Gasteiger partial charge in [0.1, 0.15) is 0 Å². The van der Waals surface area contributed by atoms with Gasteiger partial charge < -0.3 is 0 Å². The fraction of sp³-hybridized carbons (Fsp3) is 0.667. The second-order valence-electron chi connectivity index (χ2n) is 2.86. The van der Waals surface area contributed by atoms with Crippen LogP contribution in [0.5, 0.6) is 0 Å². The van der Waals surface area contributed by atoms with Crippen molar-refractivity contribution in [2.75, 3.05) is 0 Å². The Bertz CT molecular complexity index is 248. The monoisotopic (exact) mass is 250 g/mol. The van der Waals surface area contributed by atoms with E-state index >= 15 is 0 Å². The first kappa shape index (κ1) is 8.98. The zero-order valence-corrected chi connectivity index (χ0v) is 9.20. The predicted molar refractivity (Wildman–Crippen MR) is 39.0 cm³/mol. The van der Waals surface area contributed by atoms with Gasteiger partial charge in [-0.3, -0.25) is 0 Å². The minimum atomic E-state index is -3.94. The Balaban J connectivity index is 2.17. The average Bonchev–Trinajstić information content (AvgIpc) is 2.39. The molecule has 2 atom stereocenters. The van der Waals surface area contributed by atoms with Gasteiger partial charge in [0.05, 0.1) is 0 Å². The molecule has 2 rings (SSSR count). The van der Waals surface area contributed by atoms with Crippen LogP contribution in [-0.4, -0.2) is 38.8 Å². The van der Waals surface area contributed by atoms with Crippen molar-refractivity contribution in [2.24, 2.45) is 0 Å². The van der Waals surface area contributed by atoms with E-state index in [1.807, 2.05) is 0 Å². The van der Waals surface area contributed by atoms with Crippen molar-refractivity contribution >= 4 is 26.6 Å². The molecular weight excluding hydrogens is 241 g/mol. The van der Waals surface area contributed by atoms with Crippen molar-refractivity contribution < 1.29 is 24.6 Å². The Labute approximate surface area is 77.8 Å². The van der Waals surface area contributed by atoms with Gasteiger partial charge in [-0.25, -0.2) is 0 Å². The van der Waals surface area contributed by atoms with Crippen LogP contribution >= 0.6 is 0 Å². The van der Waals surface area contributed by atoms with Gasteiger partial charge >= 0.3 is 77.3 Å². The third-order valence-electron chi connectivity index (χ3n) is 1.76. The molecule has 2 aliphatic rings. The molecule has 13 heavy (non-hydrogen) atoms. The summed E-state index contributed by atoms with van der Waals surface area (Å²) in [4.78, 5) is 22.0. The Morgan fingerprint density at radius 1 is 1.00 bits per heavy atom. The first-order valence-electron chi connectivity index (χ1n) is 3.84. The Morgan fingerprint density at radius 3 is 1.62 bits per heavy atom. The molecule has 2 unspecified atom stereocenters. The normalized spacial score (nSPS) is 43.8. The molecule has 2 heterocycles. The van der Waals surface area contributed by atoms with Crippen molar-refractivity contribution in [1.82, 2.24) is 0 Å². The van der Waals surface area contributed by atoms with Crippen molar-refractivity contribution in [1.29, 1.82) is 0 Å². The van der Waals surface area contributed by atoms with Crippen molar-refractivity contribution in [3.05, 3.63) is 0 Å². The van der Waals surface area contributed by atoms with Gasteiger partial charge in [0, 0.05) is 0 Å². The van der Waals surface area contributed by atoms with E-state index in [-0.39, 0.29) is 0 Å². The number of carbonyl (C=O) groups is 2. The van der Waals surface area contributed by atoms with E-state index in [4.69, 9.17) is 15.1 Å². The standard InChI is InChI=1S/C6H8GeO6/c1-3-5(8)12-7(10-3)11-4(2)6(9)13-7/h3-4H,1-2H3. The van der Waals surface area contributed by atoms with Gasteiger partial charge in [0.15, 0.2) is 0 Å². The van der Waals surface area contributed by atoms with E-state index in [0.717, 1.165) is 0 Å². The zero-order valence-electron chi connectivity index (χ0n) is 7.10. The third kappa shape index (κ3) is 1.34. The molecule has 6 nitrogen and oxygen atoms in total. The molecule has 2 fully saturated rings. The predicted octanol–water partition coefficient (Wildman–Crippen LogP) is -0.654. The number of carbonyl (C=O) groups excluding carboxylic acids is 2. The molecular formula is C6H8GeO6. The molecule has 0 saturated carbocycles. The molecule has 0 bridgehead atoms. The molecule has 0 aromatic heterocycles. The van der Waals surface area contributed by atoms with Gasteiger partial charge in [-0.05, 0) is 0 Å². The molecule has 72 valence electrons. The van der Waals surface area contributed by atoms with E-state index in [0.29, 0.717) is 0 Å². The van der Waals surface area contributed by atoms with Crippen LogP contribution in [0.3, 0.4) is 0 Å². The van der Waals surface area contributed by atoms with E-state index in [1.165, 1.54) is 13.8 Å². The fourth-order valence-electron chi connectivity index (χ4n) is 1.09. The van der Waals surface area contributed by atoms with Crippen LogP contribution in [0.1, 0.15) is 13.8 Å². The Morgan fingerprint density at radius 2 is 1.38 bits per heavy atom. The maximum atomic E-state index is 11.0. The van der Waals surface area contributed by atoms with Crippen LogP contribution in [0.2, 0.25) is 0 Å². The van der Waals surface area contributed by atoms with Gasteiger partial charge in [-0.2, -0.15) is 0 Å². The quantitative estimate of drug-likeness (QED) is 0.531. The molecule has 0 aliphatic carbocycles. The van der Waals surface area contributed by atoms with Crippen LogP contribution < -0.4 is 0 Å². The Hall–Kier alpha value is -0.597. The maximum absolute atomic E-state index is 11.0. The molecule has 1 spiro atoms. The number of rotatable bonds is 0. The second kappa shape index (κ2) is 2.69. The third-order valence-corrected chi connectivity index (χ3v) is 6.35.